The van der Waals surface area contributed by atoms with Crippen LogP contribution >= 0.6 is 0 Å². The molecule has 0 aliphatic heterocycles. The number of anilines is 1. The lowest BCUT2D eigenvalue weighted by Gasteiger charge is -2.13. The molecule has 0 unspecified atom stereocenters. The number of hydrogen-bond donors (Lipinski definition) is 4. The van der Waals surface area contributed by atoms with Gasteiger partial charge in [0.15, 0.2) is 12.2 Å². The van der Waals surface area contributed by atoms with Crippen molar-refractivity contribution < 1.29 is 24.9 Å². The molecule has 0 aliphatic carbocycles. The van der Waals surface area contributed by atoms with Gasteiger partial charge in [-0.05, 0) is 19.1 Å². The Morgan fingerprint density at radius 2 is 1.65 bits per heavy atom. The summed E-state index contributed by atoms with van der Waals surface area (Å²) in [5.41, 5.74) is 1.41. The molecule has 0 aliphatic rings. The highest BCUT2D eigenvalue weighted by Crippen LogP contribution is 2.09. The molecule has 0 saturated heterocycles. The van der Waals surface area contributed by atoms with Gasteiger partial charge in [0.1, 0.15) is 0 Å². The van der Waals surface area contributed by atoms with Gasteiger partial charge in [0, 0.05) is 5.69 Å². The van der Waals surface area contributed by atoms with Gasteiger partial charge in [0.25, 0.3) is 5.91 Å². The summed E-state index contributed by atoms with van der Waals surface area (Å²) < 4.78 is 0. The van der Waals surface area contributed by atoms with Gasteiger partial charge in [-0.3, -0.25) is 4.79 Å². The van der Waals surface area contributed by atoms with E-state index in [4.69, 9.17) is 10.2 Å². The molecule has 1 amide bonds. The van der Waals surface area contributed by atoms with Crippen LogP contribution in [0.5, 0.6) is 0 Å². The Kier molecular flexibility index (Phi) is 4.19. The number of hydrogen-bond acceptors (Lipinski definition) is 4. The first-order chi connectivity index (χ1) is 7.91. The summed E-state index contributed by atoms with van der Waals surface area (Å²) in [6.07, 6.45) is -4.14. The predicted octanol–water partition coefficient (Wildman–Crippen LogP) is -0.260. The number of aliphatic carboxylic acids is 1. The molecule has 2 atom stereocenters. The molecule has 0 bridgehead atoms. The van der Waals surface area contributed by atoms with Crippen molar-refractivity contribution >= 4 is 17.6 Å². The fraction of sp³-hybridized carbons (Fsp3) is 0.273. The van der Waals surface area contributed by atoms with Crippen LogP contribution < -0.4 is 5.32 Å². The van der Waals surface area contributed by atoms with Crippen LogP contribution in [0, 0.1) is 6.92 Å². The number of carboxylic acid groups (broad SMARTS) is 1. The highest BCUT2D eigenvalue weighted by molar-refractivity contribution is 5.97. The standard InChI is InChI=1S/C11H13NO5/c1-6-2-4-7(5-3-6)12-10(15)8(13)9(14)11(16)17/h2-5,8-9,13-14H,1H3,(H,12,15)(H,16,17)/t8-,9+/m0/s1. The summed E-state index contributed by atoms with van der Waals surface area (Å²) >= 11 is 0. The Balaban J connectivity index is 2.66. The third kappa shape index (κ3) is 3.54. The molecule has 0 heterocycles. The molecule has 4 N–H and O–H groups in total. The largest absolute Gasteiger partial charge is 0.479 e. The molecule has 0 aromatic heterocycles. The molecule has 1 rings (SSSR count). The molecular formula is C11H13NO5. The van der Waals surface area contributed by atoms with Crippen LogP contribution in [0.2, 0.25) is 0 Å². The normalized spacial score (nSPS) is 13.8. The number of aryl methyl sites for hydroxylation is 1. The molecule has 1 aromatic rings. The maximum atomic E-state index is 11.4. The highest BCUT2D eigenvalue weighted by Gasteiger charge is 2.29. The number of carbonyl (C=O) groups excluding carboxylic acids is 1. The second-order valence-electron chi connectivity index (χ2n) is 3.58. The van der Waals surface area contributed by atoms with Gasteiger partial charge in [-0.15, -0.1) is 0 Å². The number of benzene rings is 1. The fourth-order valence-electron chi connectivity index (χ4n) is 1.13. The van der Waals surface area contributed by atoms with Crippen molar-refractivity contribution in [3.05, 3.63) is 29.8 Å². The van der Waals surface area contributed by atoms with Crippen molar-refractivity contribution in [1.82, 2.24) is 0 Å². The van der Waals surface area contributed by atoms with Crippen LogP contribution in [0.15, 0.2) is 24.3 Å². The lowest BCUT2D eigenvalue weighted by atomic mass is 10.2. The van der Waals surface area contributed by atoms with Gasteiger partial charge in [-0.25, -0.2) is 4.79 Å². The lowest BCUT2D eigenvalue weighted by molar-refractivity contribution is -0.156. The van der Waals surface area contributed by atoms with E-state index in [-0.39, 0.29) is 0 Å². The van der Waals surface area contributed by atoms with E-state index in [1.54, 1.807) is 24.3 Å². The van der Waals surface area contributed by atoms with E-state index in [0.717, 1.165) is 5.56 Å². The zero-order valence-corrected chi connectivity index (χ0v) is 9.12. The Morgan fingerprint density at radius 1 is 1.12 bits per heavy atom. The lowest BCUT2D eigenvalue weighted by Crippen LogP contribution is -2.42. The Morgan fingerprint density at radius 3 is 2.12 bits per heavy atom. The molecule has 0 fully saturated rings. The molecule has 92 valence electrons. The average molecular weight is 239 g/mol. The third-order valence-electron chi connectivity index (χ3n) is 2.14. The summed E-state index contributed by atoms with van der Waals surface area (Å²) in [5, 5.41) is 28.9. The maximum Gasteiger partial charge on any atom is 0.335 e. The van der Waals surface area contributed by atoms with Crippen LogP contribution in [0.4, 0.5) is 5.69 Å². The molecular weight excluding hydrogens is 226 g/mol. The number of nitrogens with one attached hydrogen (secondary N) is 1. The van der Waals surface area contributed by atoms with Crippen molar-refractivity contribution in [2.75, 3.05) is 5.32 Å². The van der Waals surface area contributed by atoms with Gasteiger partial charge in [-0.2, -0.15) is 0 Å². The minimum absolute atomic E-state index is 0.414. The summed E-state index contributed by atoms with van der Waals surface area (Å²) in [5.74, 6) is -2.62. The summed E-state index contributed by atoms with van der Waals surface area (Å²) in [7, 11) is 0. The van der Waals surface area contributed by atoms with Gasteiger partial charge >= 0.3 is 5.97 Å². The Bertz CT molecular complexity index is 414. The van der Waals surface area contributed by atoms with Gasteiger partial charge in [-0.1, -0.05) is 17.7 Å². The first-order valence-electron chi connectivity index (χ1n) is 4.88. The smallest absolute Gasteiger partial charge is 0.335 e. The van der Waals surface area contributed by atoms with E-state index in [2.05, 4.69) is 5.32 Å². The van der Waals surface area contributed by atoms with Crippen LogP contribution in [0.3, 0.4) is 0 Å². The number of carbonyl (C=O) groups is 2. The van der Waals surface area contributed by atoms with Gasteiger partial charge in [0.2, 0.25) is 0 Å². The van der Waals surface area contributed by atoms with Gasteiger partial charge in [0.05, 0.1) is 0 Å². The van der Waals surface area contributed by atoms with Crippen LogP contribution in [0.25, 0.3) is 0 Å². The number of carboxylic acids is 1. The quantitative estimate of drug-likeness (QED) is 0.579. The monoisotopic (exact) mass is 239 g/mol. The average Bonchev–Trinajstić information content (AvgIpc) is 2.30. The Hall–Kier alpha value is -1.92. The molecule has 6 nitrogen and oxygen atoms in total. The summed E-state index contributed by atoms with van der Waals surface area (Å²) in [6, 6.07) is 6.70. The summed E-state index contributed by atoms with van der Waals surface area (Å²) in [4.78, 5) is 21.7. The van der Waals surface area contributed by atoms with Crippen molar-refractivity contribution in [1.29, 1.82) is 0 Å². The molecule has 17 heavy (non-hydrogen) atoms. The SMILES string of the molecule is Cc1ccc(NC(=O)[C@@H](O)[C@@H](O)C(=O)O)cc1. The maximum absolute atomic E-state index is 11.4. The molecule has 0 spiro atoms. The first-order valence-corrected chi connectivity index (χ1v) is 4.88. The van der Waals surface area contributed by atoms with Crippen molar-refractivity contribution in [2.24, 2.45) is 0 Å². The van der Waals surface area contributed by atoms with E-state index >= 15 is 0 Å². The number of aliphatic hydroxyl groups excluding tert-OH is 2. The fourth-order valence-corrected chi connectivity index (χ4v) is 1.13. The zero-order chi connectivity index (χ0) is 13.0. The van der Waals surface area contributed by atoms with Gasteiger partial charge < -0.3 is 20.6 Å². The number of rotatable bonds is 4. The predicted molar refractivity (Wildman–Crippen MR) is 59.5 cm³/mol. The second-order valence-corrected chi connectivity index (χ2v) is 3.58. The number of amides is 1. The molecule has 0 radical (unpaired) electrons. The van der Waals surface area contributed by atoms with E-state index in [1.807, 2.05) is 6.92 Å². The van der Waals surface area contributed by atoms with Crippen LogP contribution in [-0.2, 0) is 9.59 Å². The van der Waals surface area contributed by atoms with Crippen molar-refractivity contribution in [3.8, 4) is 0 Å². The zero-order valence-electron chi connectivity index (χ0n) is 9.12. The van der Waals surface area contributed by atoms with E-state index in [9.17, 15) is 14.7 Å². The molecule has 0 saturated carbocycles. The van der Waals surface area contributed by atoms with E-state index in [1.165, 1.54) is 0 Å². The van der Waals surface area contributed by atoms with Crippen molar-refractivity contribution in [2.45, 2.75) is 19.1 Å². The first kappa shape index (κ1) is 13.1. The van der Waals surface area contributed by atoms with E-state index in [0.29, 0.717) is 5.69 Å². The van der Waals surface area contributed by atoms with Crippen molar-refractivity contribution in [3.63, 3.8) is 0 Å². The summed E-state index contributed by atoms with van der Waals surface area (Å²) in [6.45, 7) is 1.87. The molecule has 6 heteroatoms. The van der Waals surface area contributed by atoms with Crippen LogP contribution in [0.1, 0.15) is 5.56 Å². The minimum Gasteiger partial charge on any atom is -0.479 e. The third-order valence-corrected chi connectivity index (χ3v) is 2.14. The molecule has 1 aromatic carbocycles. The second kappa shape index (κ2) is 5.42. The van der Waals surface area contributed by atoms with E-state index < -0.39 is 24.1 Å². The number of aliphatic hydroxyl groups is 2. The minimum atomic E-state index is -2.14. The van der Waals surface area contributed by atoms with Crippen LogP contribution in [-0.4, -0.2) is 39.4 Å². The highest BCUT2D eigenvalue weighted by atomic mass is 16.4. The topological polar surface area (TPSA) is 107 Å². The Labute approximate surface area is 97.5 Å².